The van der Waals surface area contributed by atoms with Crippen molar-refractivity contribution in [3.05, 3.63) is 46.0 Å². The first-order chi connectivity index (χ1) is 6.20. The third-order valence-electron chi connectivity index (χ3n) is 1.64. The number of hydrogen-bond acceptors (Lipinski definition) is 4. The summed E-state index contributed by atoms with van der Waals surface area (Å²) in [4.78, 5) is 9.89. The zero-order valence-electron chi connectivity index (χ0n) is 6.67. The van der Waals surface area contributed by atoms with Crippen LogP contribution in [0.4, 0.5) is 5.69 Å². The molecule has 1 radical (unpaired) electrons. The van der Waals surface area contributed by atoms with Crippen LogP contribution in [0, 0.1) is 16.7 Å². The van der Waals surface area contributed by atoms with E-state index in [1.807, 2.05) is 0 Å². The predicted octanol–water partition coefficient (Wildman–Crippen LogP) is 0.969. The highest BCUT2D eigenvalue weighted by Crippen LogP contribution is 2.24. The molecule has 0 amide bonds. The Bertz CT molecular complexity index is 302. The lowest BCUT2D eigenvalue weighted by atomic mass is 10.1. The number of benzene rings is 1. The van der Waals surface area contributed by atoms with E-state index in [4.69, 9.17) is 10.2 Å². The maximum Gasteiger partial charge on any atom is 0.280 e. The molecule has 0 aliphatic carbocycles. The van der Waals surface area contributed by atoms with Crippen molar-refractivity contribution in [2.75, 3.05) is 0 Å². The third-order valence-corrected chi connectivity index (χ3v) is 1.64. The molecular weight excluding hydrogens is 174 g/mol. The molecule has 0 atom stereocenters. The molecule has 69 valence electrons. The van der Waals surface area contributed by atoms with E-state index in [1.165, 1.54) is 18.2 Å². The molecule has 0 aliphatic heterocycles. The Morgan fingerprint density at radius 2 is 2.23 bits per heavy atom. The minimum atomic E-state index is -0.631. The van der Waals surface area contributed by atoms with Crippen LogP contribution < -0.4 is 0 Å². The van der Waals surface area contributed by atoms with Gasteiger partial charge in [0.1, 0.15) is 6.61 Å². The van der Waals surface area contributed by atoms with Crippen LogP contribution in [-0.2, 0) is 6.61 Å². The smallest absolute Gasteiger partial charge is 0.280 e. The lowest BCUT2D eigenvalue weighted by Crippen LogP contribution is -1.99. The molecule has 0 unspecified atom stereocenters. The number of aliphatic hydroxyl groups excluding tert-OH is 2. The fraction of sp³-hybridized carbons (Fsp3) is 0.125. The summed E-state index contributed by atoms with van der Waals surface area (Å²) < 4.78 is 0. The molecule has 1 aromatic rings. The van der Waals surface area contributed by atoms with Crippen LogP contribution >= 0.6 is 0 Å². The van der Waals surface area contributed by atoms with Crippen molar-refractivity contribution in [1.29, 1.82) is 0 Å². The molecule has 1 aromatic carbocycles. The quantitative estimate of drug-likeness (QED) is 0.538. The minimum absolute atomic E-state index is 0.0940. The van der Waals surface area contributed by atoms with Crippen LogP contribution in [0.1, 0.15) is 11.1 Å². The topological polar surface area (TPSA) is 83.6 Å². The lowest BCUT2D eigenvalue weighted by Gasteiger charge is -2.02. The highest BCUT2D eigenvalue weighted by Gasteiger charge is 2.17. The average molecular weight is 182 g/mol. The molecule has 0 heterocycles. The Kier molecular flexibility index (Phi) is 2.94. The summed E-state index contributed by atoms with van der Waals surface area (Å²) in [6.45, 7) is 0.231. The van der Waals surface area contributed by atoms with Gasteiger partial charge < -0.3 is 10.2 Å². The van der Waals surface area contributed by atoms with Gasteiger partial charge in [-0.15, -0.1) is 0 Å². The second-order valence-corrected chi connectivity index (χ2v) is 2.40. The number of hydrogen-bond donors (Lipinski definition) is 2. The normalized spacial score (nSPS) is 10.0. The van der Waals surface area contributed by atoms with E-state index in [0.29, 0.717) is 6.61 Å². The van der Waals surface area contributed by atoms with Crippen LogP contribution in [0.15, 0.2) is 18.2 Å². The summed E-state index contributed by atoms with van der Waals surface area (Å²) >= 11 is 0. The highest BCUT2D eigenvalue weighted by atomic mass is 16.6. The van der Waals surface area contributed by atoms with Gasteiger partial charge in [-0.3, -0.25) is 10.1 Å². The van der Waals surface area contributed by atoms with Crippen molar-refractivity contribution in [2.24, 2.45) is 0 Å². The Hall–Kier alpha value is -1.46. The average Bonchev–Trinajstić information content (AvgIpc) is 2.16. The van der Waals surface area contributed by atoms with Crippen LogP contribution in [0.2, 0.25) is 0 Å². The molecule has 0 saturated heterocycles. The second-order valence-electron chi connectivity index (χ2n) is 2.40. The molecule has 5 heteroatoms. The summed E-state index contributed by atoms with van der Waals surface area (Å²) in [5, 5.41) is 28.0. The second kappa shape index (κ2) is 3.97. The summed E-state index contributed by atoms with van der Waals surface area (Å²) in [7, 11) is 0. The van der Waals surface area contributed by atoms with Crippen molar-refractivity contribution in [3.8, 4) is 0 Å². The molecular formula is C8H8NO4. The maximum atomic E-state index is 10.5. The Balaban J connectivity index is 3.29. The third kappa shape index (κ3) is 1.82. The van der Waals surface area contributed by atoms with Crippen LogP contribution in [0.25, 0.3) is 0 Å². The van der Waals surface area contributed by atoms with Crippen LogP contribution in [0.5, 0.6) is 0 Å². The number of para-hydroxylation sites is 1. The van der Waals surface area contributed by atoms with Gasteiger partial charge in [0.25, 0.3) is 5.69 Å². The molecule has 0 aliphatic rings. The summed E-state index contributed by atoms with van der Waals surface area (Å²) in [5.74, 6) is 0. The minimum Gasteiger partial charge on any atom is -0.391 e. The fourth-order valence-corrected chi connectivity index (χ4v) is 1.07. The number of aliphatic hydroxyl groups is 2. The molecule has 1 rings (SSSR count). The van der Waals surface area contributed by atoms with Gasteiger partial charge in [0.05, 0.1) is 22.7 Å². The van der Waals surface area contributed by atoms with Gasteiger partial charge in [0.15, 0.2) is 0 Å². The summed E-state index contributed by atoms with van der Waals surface area (Å²) in [6, 6.07) is 4.36. The Labute approximate surface area is 74.4 Å². The SMILES string of the molecule is O=[N+]([O-])c1c([CH]O)cccc1CO. The number of nitro groups is 1. The number of nitro benzene ring substituents is 1. The van der Waals surface area contributed by atoms with E-state index in [-0.39, 0.29) is 16.8 Å². The Morgan fingerprint density at radius 1 is 1.54 bits per heavy atom. The highest BCUT2D eigenvalue weighted by molar-refractivity contribution is 5.49. The van der Waals surface area contributed by atoms with Crippen LogP contribution in [0.3, 0.4) is 0 Å². The zero-order chi connectivity index (χ0) is 9.84. The van der Waals surface area contributed by atoms with Gasteiger partial charge in [0, 0.05) is 0 Å². The molecule has 0 fully saturated rings. The van der Waals surface area contributed by atoms with Gasteiger partial charge in [-0.1, -0.05) is 6.07 Å². The number of nitrogens with zero attached hydrogens (tertiary/aromatic N) is 1. The largest absolute Gasteiger partial charge is 0.391 e. The lowest BCUT2D eigenvalue weighted by molar-refractivity contribution is -0.386. The molecule has 0 saturated carbocycles. The molecule has 2 N–H and O–H groups in total. The first-order valence-corrected chi connectivity index (χ1v) is 3.55. The molecule has 0 bridgehead atoms. The molecule has 0 spiro atoms. The van der Waals surface area contributed by atoms with Crippen molar-refractivity contribution in [2.45, 2.75) is 6.61 Å². The maximum absolute atomic E-state index is 10.5. The van der Waals surface area contributed by atoms with Crippen molar-refractivity contribution < 1.29 is 15.1 Å². The van der Waals surface area contributed by atoms with Gasteiger partial charge in [-0.05, 0) is 12.1 Å². The Morgan fingerprint density at radius 3 is 2.69 bits per heavy atom. The van der Waals surface area contributed by atoms with Gasteiger partial charge in [0.2, 0.25) is 0 Å². The summed E-state index contributed by atoms with van der Waals surface area (Å²) in [5.41, 5.74) is 0.0249. The van der Waals surface area contributed by atoms with E-state index >= 15 is 0 Å². The molecule has 5 nitrogen and oxygen atoms in total. The van der Waals surface area contributed by atoms with Gasteiger partial charge in [-0.25, -0.2) is 0 Å². The van der Waals surface area contributed by atoms with Crippen molar-refractivity contribution >= 4 is 5.69 Å². The van der Waals surface area contributed by atoms with E-state index < -0.39 is 11.5 Å². The van der Waals surface area contributed by atoms with E-state index in [1.54, 1.807) is 0 Å². The summed E-state index contributed by atoms with van der Waals surface area (Å²) in [6.07, 6.45) is 0. The number of rotatable bonds is 3. The van der Waals surface area contributed by atoms with E-state index in [2.05, 4.69) is 0 Å². The first-order valence-electron chi connectivity index (χ1n) is 3.55. The zero-order valence-corrected chi connectivity index (χ0v) is 6.67. The van der Waals surface area contributed by atoms with Crippen LogP contribution in [-0.4, -0.2) is 15.1 Å². The van der Waals surface area contributed by atoms with E-state index in [0.717, 1.165) is 0 Å². The standard InChI is InChI=1S/C8H8NO4/c10-4-6-2-1-3-7(5-11)8(6)9(12)13/h1-4,10-11H,5H2. The van der Waals surface area contributed by atoms with Crippen molar-refractivity contribution in [1.82, 2.24) is 0 Å². The monoisotopic (exact) mass is 182 g/mol. The van der Waals surface area contributed by atoms with Crippen molar-refractivity contribution in [3.63, 3.8) is 0 Å². The first kappa shape index (κ1) is 9.63. The van der Waals surface area contributed by atoms with Gasteiger partial charge in [-0.2, -0.15) is 0 Å². The predicted molar refractivity (Wildman–Crippen MR) is 44.4 cm³/mol. The molecule has 0 aromatic heterocycles. The van der Waals surface area contributed by atoms with E-state index in [9.17, 15) is 10.1 Å². The molecule has 13 heavy (non-hydrogen) atoms. The van der Waals surface area contributed by atoms with Gasteiger partial charge >= 0.3 is 0 Å². The fourth-order valence-electron chi connectivity index (χ4n) is 1.07.